The molecule has 0 aliphatic heterocycles. The number of nitrogens with zero attached hydrogens (tertiary/aromatic N) is 1. The van der Waals surface area contributed by atoms with Crippen molar-refractivity contribution < 1.29 is 14.6 Å². The summed E-state index contributed by atoms with van der Waals surface area (Å²) in [6, 6.07) is 6.05. The summed E-state index contributed by atoms with van der Waals surface area (Å²) >= 11 is 0. The molecule has 0 saturated carbocycles. The third kappa shape index (κ3) is 9.00. The lowest BCUT2D eigenvalue weighted by Gasteiger charge is -2.15. The molecule has 0 radical (unpaired) electrons. The quantitative estimate of drug-likeness (QED) is 0.279. The van der Waals surface area contributed by atoms with Crippen LogP contribution in [0.25, 0.3) is 0 Å². The first-order chi connectivity index (χ1) is 13.2. The lowest BCUT2D eigenvalue weighted by molar-refractivity contribution is 0.253. The average Bonchev–Trinajstić information content (AvgIpc) is 2.69. The van der Waals surface area contributed by atoms with Gasteiger partial charge in [-0.25, -0.2) is 0 Å². The van der Waals surface area contributed by atoms with Crippen LogP contribution < -0.4 is 20.1 Å². The highest BCUT2D eigenvalue weighted by Crippen LogP contribution is 2.27. The number of ether oxygens (including phenoxy) is 2. The molecule has 3 N–H and O–H groups in total. The Balaban J connectivity index is 2.49. The van der Waals surface area contributed by atoms with E-state index < -0.39 is 0 Å². The molecule has 1 atom stereocenters. The topological polar surface area (TPSA) is 75.1 Å². The number of guanidine groups is 1. The Morgan fingerprint density at radius 3 is 2.52 bits per heavy atom. The van der Waals surface area contributed by atoms with Crippen LogP contribution in [0, 0.1) is 5.92 Å². The van der Waals surface area contributed by atoms with Crippen molar-refractivity contribution in [2.75, 3.05) is 40.5 Å². The molecule has 1 aromatic rings. The second kappa shape index (κ2) is 14.2. The van der Waals surface area contributed by atoms with E-state index in [9.17, 15) is 5.11 Å². The maximum atomic E-state index is 9.19. The van der Waals surface area contributed by atoms with E-state index in [-0.39, 0.29) is 6.61 Å². The third-order valence-corrected chi connectivity index (χ3v) is 4.47. The van der Waals surface area contributed by atoms with Crippen molar-refractivity contribution >= 4 is 5.96 Å². The normalized spacial score (nSPS) is 12.6. The van der Waals surface area contributed by atoms with Gasteiger partial charge in [-0.3, -0.25) is 4.99 Å². The summed E-state index contributed by atoms with van der Waals surface area (Å²) in [5.41, 5.74) is 1.22. The fourth-order valence-electron chi connectivity index (χ4n) is 3.02. The first-order valence-electron chi connectivity index (χ1n) is 10.0. The van der Waals surface area contributed by atoms with Gasteiger partial charge in [0, 0.05) is 26.2 Å². The van der Waals surface area contributed by atoms with E-state index >= 15 is 0 Å². The Kier molecular flexibility index (Phi) is 12.1. The van der Waals surface area contributed by atoms with Gasteiger partial charge in [0.25, 0.3) is 0 Å². The fraction of sp³-hybridized carbons (Fsp3) is 0.667. The summed E-state index contributed by atoms with van der Waals surface area (Å²) < 4.78 is 10.6. The van der Waals surface area contributed by atoms with E-state index in [0.717, 1.165) is 69.2 Å². The Hall–Kier alpha value is -1.95. The number of aliphatic hydroxyl groups excluding tert-OH is 1. The van der Waals surface area contributed by atoms with E-state index in [2.05, 4.69) is 30.5 Å². The zero-order chi connectivity index (χ0) is 19.9. The fourth-order valence-corrected chi connectivity index (χ4v) is 3.02. The van der Waals surface area contributed by atoms with E-state index in [4.69, 9.17) is 14.5 Å². The summed E-state index contributed by atoms with van der Waals surface area (Å²) in [5, 5.41) is 15.9. The predicted octanol–water partition coefficient (Wildman–Crippen LogP) is 2.99. The molecule has 1 aromatic carbocycles. The smallest absolute Gasteiger partial charge is 0.191 e. The highest BCUT2D eigenvalue weighted by Gasteiger charge is 2.08. The van der Waals surface area contributed by atoms with Gasteiger partial charge in [-0.15, -0.1) is 0 Å². The minimum atomic E-state index is 0.232. The summed E-state index contributed by atoms with van der Waals surface area (Å²) in [7, 11) is 3.31. The average molecular weight is 380 g/mol. The van der Waals surface area contributed by atoms with Gasteiger partial charge in [-0.2, -0.15) is 0 Å². The molecule has 0 saturated heterocycles. The number of hydrogen-bond acceptors (Lipinski definition) is 4. The SMILES string of the molecule is CCCC(CCO)CN=C(NCC)NCCCc1ccc(OC)c(OC)c1. The van der Waals surface area contributed by atoms with Crippen LogP contribution in [0.5, 0.6) is 11.5 Å². The van der Waals surface area contributed by atoms with Crippen LogP contribution in [-0.2, 0) is 6.42 Å². The Morgan fingerprint density at radius 2 is 1.89 bits per heavy atom. The van der Waals surface area contributed by atoms with Crippen LogP contribution in [0.3, 0.4) is 0 Å². The molecule has 0 fully saturated rings. The molecular weight excluding hydrogens is 342 g/mol. The number of methoxy groups -OCH3 is 2. The van der Waals surface area contributed by atoms with Gasteiger partial charge < -0.3 is 25.2 Å². The second-order valence-electron chi connectivity index (χ2n) is 6.61. The van der Waals surface area contributed by atoms with Crippen LogP contribution in [0.2, 0.25) is 0 Å². The summed E-state index contributed by atoms with van der Waals surface area (Å²) in [5.74, 6) is 2.82. The lowest BCUT2D eigenvalue weighted by atomic mass is 10.0. The number of aliphatic hydroxyl groups is 1. The molecule has 1 rings (SSSR count). The minimum absolute atomic E-state index is 0.232. The summed E-state index contributed by atoms with van der Waals surface area (Å²) in [4.78, 5) is 4.69. The Bertz CT molecular complexity index is 543. The summed E-state index contributed by atoms with van der Waals surface area (Å²) in [6.45, 7) is 6.90. The number of aryl methyl sites for hydroxylation is 1. The lowest BCUT2D eigenvalue weighted by Crippen LogP contribution is -2.38. The van der Waals surface area contributed by atoms with E-state index in [0.29, 0.717) is 5.92 Å². The zero-order valence-corrected chi connectivity index (χ0v) is 17.4. The molecule has 1 unspecified atom stereocenters. The number of aliphatic imine (C=N–C) groups is 1. The van der Waals surface area contributed by atoms with Crippen molar-refractivity contribution in [2.24, 2.45) is 10.9 Å². The van der Waals surface area contributed by atoms with Gasteiger partial charge in [0.1, 0.15) is 0 Å². The van der Waals surface area contributed by atoms with Crippen LogP contribution >= 0.6 is 0 Å². The molecule has 6 heteroatoms. The first kappa shape index (κ1) is 23.1. The maximum Gasteiger partial charge on any atom is 0.191 e. The minimum Gasteiger partial charge on any atom is -0.493 e. The zero-order valence-electron chi connectivity index (χ0n) is 17.4. The molecule has 0 heterocycles. The largest absolute Gasteiger partial charge is 0.493 e. The van der Waals surface area contributed by atoms with Crippen LogP contribution in [-0.4, -0.2) is 51.5 Å². The van der Waals surface area contributed by atoms with Crippen LogP contribution in [0.15, 0.2) is 23.2 Å². The van der Waals surface area contributed by atoms with Crippen LogP contribution in [0.4, 0.5) is 0 Å². The molecular formula is C21H37N3O3. The Morgan fingerprint density at radius 1 is 1.11 bits per heavy atom. The number of benzene rings is 1. The molecule has 6 nitrogen and oxygen atoms in total. The molecule has 0 aliphatic carbocycles. The molecule has 0 bridgehead atoms. The van der Waals surface area contributed by atoms with Gasteiger partial charge in [-0.1, -0.05) is 19.4 Å². The molecule has 0 aromatic heterocycles. The Labute approximate surface area is 164 Å². The van der Waals surface area contributed by atoms with Gasteiger partial charge in [0.15, 0.2) is 17.5 Å². The third-order valence-electron chi connectivity index (χ3n) is 4.47. The summed E-state index contributed by atoms with van der Waals surface area (Å²) in [6.07, 6.45) is 4.99. The van der Waals surface area contributed by atoms with E-state index in [1.54, 1.807) is 14.2 Å². The highest BCUT2D eigenvalue weighted by atomic mass is 16.5. The van der Waals surface area contributed by atoms with Crippen molar-refractivity contribution in [3.63, 3.8) is 0 Å². The van der Waals surface area contributed by atoms with Gasteiger partial charge in [0.2, 0.25) is 0 Å². The molecule has 27 heavy (non-hydrogen) atoms. The number of hydrogen-bond donors (Lipinski definition) is 3. The molecule has 0 amide bonds. The van der Waals surface area contributed by atoms with Crippen molar-refractivity contribution in [1.82, 2.24) is 10.6 Å². The second-order valence-corrected chi connectivity index (χ2v) is 6.61. The van der Waals surface area contributed by atoms with E-state index in [1.165, 1.54) is 5.56 Å². The van der Waals surface area contributed by atoms with E-state index in [1.807, 2.05) is 12.1 Å². The maximum absolute atomic E-state index is 9.19. The monoisotopic (exact) mass is 379 g/mol. The standard InChI is InChI=1S/C21H37N3O3/c1-5-8-18(12-14-25)16-24-21(22-6-2)23-13-7-9-17-10-11-19(26-3)20(15-17)27-4/h10-11,15,18,25H,5-9,12-14,16H2,1-4H3,(H2,22,23,24). The van der Waals surface area contributed by atoms with Crippen molar-refractivity contribution in [1.29, 1.82) is 0 Å². The van der Waals surface area contributed by atoms with Crippen molar-refractivity contribution in [3.05, 3.63) is 23.8 Å². The van der Waals surface area contributed by atoms with Crippen molar-refractivity contribution in [2.45, 2.75) is 46.0 Å². The first-order valence-corrected chi connectivity index (χ1v) is 10.0. The number of rotatable bonds is 13. The van der Waals surface area contributed by atoms with Crippen LogP contribution in [0.1, 0.15) is 45.1 Å². The molecule has 0 spiro atoms. The van der Waals surface area contributed by atoms with Gasteiger partial charge in [0.05, 0.1) is 14.2 Å². The molecule has 154 valence electrons. The van der Waals surface area contributed by atoms with Crippen molar-refractivity contribution in [3.8, 4) is 11.5 Å². The predicted molar refractivity (Wildman–Crippen MR) is 112 cm³/mol. The van der Waals surface area contributed by atoms with Gasteiger partial charge in [-0.05, 0) is 56.2 Å². The highest BCUT2D eigenvalue weighted by molar-refractivity contribution is 5.79. The van der Waals surface area contributed by atoms with Gasteiger partial charge >= 0.3 is 0 Å². The molecule has 0 aliphatic rings. The number of nitrogens with one attached hydrogen (secondary N) is 2.